The Hall–Kier alpha value is -4.01. The molecule has 0 unspecified atom stereocenters. The van der Waals surface area contributed by atoms with Crippen molar-refractivity contribution in [2.45, 2.75) is 19.1 Å². The number of aromatic nitrogens is 4. The van der Waals surface area contributed by atoms with Gasteiger partial charge in [0.15, 0.2) is 0 Å². The molecule has 3 aromatic rings. The van der Waals surface area contributed by atoms with E-state index in [2.05, 4.69) is 44.2 Å². The van der Waals surface area contributed by atoms with Gasteiger partial charge in [-0.15, -0.1) is 0 Å². The number of fused-ring (bicyclic) bond motifs is 8. The number of aromatic amines is 2. The maximum absolute atomic E-state index is 9.86. The summed E-state index contributed by atoms with van der Waals surface area (Å²) in [5, 5.41) is 16.6. The molecule has 0 aliphatic carbocycles. The molecular formula is C24H23N5O3. The van der Waals surface area contributed by atoms with E-state index in [1.807, 2.05) is 48.6 Å². The summed E-state index contributed by atoms with van der Waals surface area (Å²) in [5.74, 6) is -1.18. The smallest absolute Gasteiger partial charge is 0.323 e. The molecule has 0 saturated carbocycles. The predicted octanol–water partition coefficient (Wildman–Crippen LogP) is 3.43. The Labute approximate surface area is 183 Å². The number of aliphatic hydroxyl groups excluding tert-OH is 1. The fraction of sp³-hybridized carbons (Fsp3) is 0.125. The molecule has 2 aliphatic rings. The molecule has 32 heavy (non-hydrogen) atoms. The van der Waals surface area contributed by atoms with Crippen LogP contribution in [0.15, 0.2) is 48.5 Å². The summed E-state index contributed by atoms with van der Waals surface area (Å²) in [6, 6.07) is 15.2. The second kappa shape index (κ2) is 9.01. The fourth-order valence-electron chi connectivity index (χ4n) is 3.15. The van der Waals surface area contributed by atoms with Gasteiger partial charge in [0.1, 0.15) is 6.04 Å². The minimum Gasteiger partial charge on any atom is -0.480 e. The third-order valence-corrected chi connectivity index (χ3v) is 4.85. The number of carboxylic acids is 1. The number of carbonyl (C=O) groups is 1. The van der Waals surface area contributed by atoms with Gasteiger partial charge < -0.3 is 25.9 Å². The van der Waals surface area contributed by atoms with Crippen LogP contribution in [-0.4, -0.2) is 48.3 Å². The van der Waals surface area contributed by atoms with Gasteiger partial charge in [0.2, 0.25) is 0 Å². The first-order valence-electron chi connectivity index (χ1n) is 10.1. The number of aliphatic hydroxyl groups is 1. The second-order valence-corrected chi connectivity index (χ2v) is 7.51. The van der Waals surface area contributed by atoms with Gasteiger partial charge in [-0.1, -0.05) is 0 Å². The summed E-state index contributed by atoms with van der Waals surface area (Å²) >= 11 is 0. The third kappa shape index (κ3) is 5.18. The van der Waals surface area contributed by atoms with Crippen molar-refractivity contribution in [1.29, 1.82) is 0 Å². The Morgan fingerprint density at radius 3 is 1.31 bits per heavy atom. The monoisotopic (exact) mass is 429 g/mol. The first-order valence-corrected chi connectivity index (χ1v) is 10.1. The van der Waals surface area contributed by atoms with Crippen LogP contribution < -0.4 is 5.73 Å². The number of hydrogen-bond donors (Lipinski definition) is 5. The van der Waals surface area contributed by atoms with E-state index in [0.717, 1.165) is 44.8 Å². The van der Waals surface area contributed by atoms with Crippen LogP contribution in [-0.2, 0) is 4.79 Å². The van der Waals surface area contributed by atoms with Crippen LogP contribution in [0.25, 0.3) is 46.4 Å². The van der Waals surface area contributed by atoms with Crippen LogP contribution in [0.5, 0.6) is 0 Å². The van der Waals surface area contributed by atoms with E-state index >= 15 is 0 Å². The Balaban J connectivity index is 0.000000265. The lowest BCUT2D eigenvalue weighted by Crippen LogP contribution is -2.39. The highest BCUT2D eigenvalue weighted by atomic mass is 16.4. The molecule has 8 heteroatoms. The highest BCUT2D eigenvalue weighted by Crippen LogP contribution is 2.16. The van der Waals surface area contributed by atoms with Crippen molar-refractivity contribution in [1.82, 2.24) is 19.9 Å². The summed E-state index contributed by atoms with van der Waals surface area (Å²) in [6.45, 7) is 1.33. The molecule has 0 radical (unpaired) electrons. The van der Waals surface area contributed by atoms with E-state index in [1.165, 1.54) is 6.92 Å². The number of rotatable bonds is 2. The number of nitrogens with zero attached hydrogens (tertiary/aromatic N) is 2. The molecule has 2 atom stereocenters. The normalized spacial score (nSPS) is 13.8. The summed E-state index contributed by atoms with van der Waals surface area (Å²) in [7, 11) is 0. The number of aliphatic carboxylic acids is 1. The molecule has 6 N–H and O–H groups in total. The van der Waals surface area contributed by atoms with Crippen molar-refractivity contribution in [3.05, 3.63) is 71.3 Å². The van der Waals surface area contributed by atoms with Crippen LogP contribution >= 0.6 is 0 Å². The van der Waals surface area contributed by atoms with Crippen LogP contribution in [0.3, 0.4) is 0 Å². The van der Waals surface area contributed by atoms with E-state index in [-0.39, 0.29) is 0 Å². The van der Waals surface area contributed by atoms with Gasteiger partial charge in [-0.05, 0) is 79.8 Å². The zero-order chi connectivity index (χ0) is 22.7. The minimum atomic E-state index is -1.18. The minimum absolute atomic E-state index is 0.939. The lowest BCUT2D eigenvalue weighted by atomic mass is 10.2. The average Bonchev–Trinajstić information content (AvgIpc) is 3.53. The molecule has 2 aliphatic heterocycles. The lowest BCUT2D eigenvalue weighted by molar-refractivity contribution is -0.140. The molecule has 3 aromatic heterocycles. The van der Waals surface area contributed by atoms with Gasteiger partial charge in [-0.3, -0.25) is 4.79 Å². The van der Waals surface area contributed by atoms with E-state index in [4.69, 9.17) is 15.9 Å². The molecule has 5 heterocycles. The molecule has 0 saturated heterocycles. The van der Waals surface area contributed by atoms with E-state index in [1.54, 1.807) is 0 Å². The van der Waals surface area contributed by atoms with Crippen molar-refractivity contribution < 1.29 is 15.0 Å². The predicted molar refractivity (Wildman–Crippen MR) is 126 cm³/mol. The number of nitrogens with two attached hydrogens (primary N) is 1. The average molecular weight is 429 g/mol. The van der Waals surface area contributed by atoms with Crippen LogP contribution in [0.2, 0.25) is 0 Å². The molecule has 162 valence electrons. The summed E-state index contributed by atoms with van der Waals surface area (Å²) in [6.07, 6.45) is 7.11. The SMILES string of the molecule is C1=Cc2cc3ccc(cc4nc(cc5ccc(cc1n2)[nH]5)C=C4)[nH]3.C[C@@H](O)[C@H](N)C(=O)O. The molecule has 8 bridgehead atoms. The second-order valence-electron chi connectivity index (χ2n) is 7.51. The molecular weight excluding hydrogens is 406 g/mol. The van der Waals surface area contributed by atoms with Crippen LogP contribution in [0.4, 0.5) is 0 Å². The molecule has 0 fully saturated rings. The summed E-state index contributed by atoms with van der Waals surface area (Å²) in [5.41, 5.74) is 12.8. The van der Waals surface area contributed by atoms with Crippen molar-refractivity contribution in [3.8, 4) is 0 Å². The van der Waals surface area contributed by atoms with Crippen molar-refractivity contribution in [3.63, 3.8) is 0 Å². The topological polar surface area (TPSA) is 141 Å². The van der Waals surface area contributed by atoms with Crippen molar-refractivity contribution in [2.24, 2.45) is 5.73 Å². The zero-order valence-corrected chi connectivity index (χ0v) is 17.4. The van der Waals surface area contributed by atoms with Crippen molar-refractivity contribution in [2.75, 3.05) is 0 Å². The first-order chi connectivity index (χ1) is 15.4. The van der Waals surface area contributed by atoms with Gasteiger partial charge in [0, 0.05) is 22.1 Å². The highest BCUT2D eigenvalue weighted by molar-refractivity contribution is 5.77. The van der Waals surface area contributed by atoms with E-state index in [0.29, 0.717) is 0 Å². The summed E-state index contributed by atoms with van der Waals surface area (Å²) < 4.78 is 0. The lowest BCUT2D eigenvalue weighted by Gasteiger charge is -2.06. The van der Waals surface area contributed by atoms with Gasteiger partial charge in [-0.25, -0.2) is 9.97 Å². The summed E-state index contributed by atoms with van der Waals surface area (Å²) in [4.78, 5) is 25.9. The molecule has 8 nitrogen and oxygen atoms in total. The molecule has 5 rings (SSSR count). The maximum Gasteiger partial charge on any atom is 0.323 e. The number of nitrogens with one attached hydrogen (secondary N) is 2. The maximum atomic E-state index is 9.86. The Kier molecular flexibility index (Phi) is 5.98. The quantitative estimate of drug-likeness (QED) is 0.291. The van der Waals surface area contributed by atoms with E-state index in [9.17, 15) is 4.79 Å². The molecule has 0 spiro atoms. The Morgan fingerprint density at radius 2 is 1.09 bits per heavy atom. The molecule has 0 aromatic carbocycles. The van der Waals surface area contributed by atoms with Gasteiger partial charge in [0.25, 0.3) is 0 Å². The first kappa shape index (κ1) is 21.2. The molecule has 0 amide bonds. The van der Waals surface area contributed by atoms with E-state index < -0.39 is 18.1 Å². The number of H-pyrrole nitrogens is 2. The van der Waals surface area contributed by atoms with Gasteiger partial charge in [-0.2, -0.15) is 0 Å². The third-order valence-electron chi connectivity index (χ3n) is 4.85. The van der Waals surface area contributed by atoms with Crippen molar-refractivity contribution >= 4 is 52.3 Å². The number of hydrogen-bond acceptors (Lipinski definition) is 5. The largest absolute Gasteiger partial charge is 0.480 e. The Bertz CT molecular complexity index is 1190. The number of carboxylic acid groups (broad SMARTS) is 1. The standard InChI is InChI=1S/C20H14N4.C4H9NO3/c1-2-14-10-16-5-6-18(23-16)12-20-8-7-19(24-20)11-17-4-3-15(22-17)9-13(1)21-14;1-2(6)3(5)4(7)8/h1-12,21,24H;2-3,6H,5H2,1H3,(H,7,8)/t;2-,3+/m.1/s1. The highest BCUT2D eigenvalue weighted by Gasteiger charge is 2.16. The van der Waals surface area contributed by atoms with Gasteiger partial charge in [0.05, 0.1) is 28.9 Å². The van der Waals surface area contributed by atoms with Crippen LogP contribution in [0.1, 0.15) is 29.7 Å². The Morgan fingerprint density at radius 1 is 0.781 bits per heavy atom. The van der Waals surface area contributed by atoms with Crippen LogP contribution in [0, 0.1) is 0 Å². The zero-order valence-electron chi connectivity index (χ0n) is 17.4. The van der Waals surface area contributed by atoms with Gasteiger partial charge >= 0.3 is 5.97 Å². The fourth-order valence-corrected chi connectivity index (χ4v) is 3.15.